The second-order valence-electron chi connectivity index (χ2n) is 8.96. The van der Waals surface area contributed by atoms with E-state index in [1.807, 2.05) is 24.3 Å². The van der Waals surface area contributed by atoms with Crippen molar-refractivity contribution in [2.75, 3.05) is 27.2 Å². The summed E-state index contributed by atoms with van der Waals surface area (Å²) in [5.41, 5.74) is 1.32. The lowest BCUT2D eigenvalue weighted by molar-refractivity contribution is -0.140. The topological polar surface area (TPSA) is 69.7 Å². The van der Waals surface area contributed by atoms with E-state index in [4.69, 9.17) is 0 Å². The minimum absolute atomic E-state index is 0.0494. The van der Waals surface area contributed by atoms with Gasteiger partial charge in [-0.05, 0) is 36.5 Å². The van der Waals surface area contributed by atoms with Crippen LogP contribution < -0.4 is 5.32 Å². The van der Waals surface area contributed by atoms with Gasteiger partial charge in [0.05, 0.1) is 5.41 Å². The molecule has 2 aromatic rings. The maximum Gasteiger partial charge on any atom is 0.245 e. The molecular formula is C25H28FN3O3. The minimum Gasteiger partial charge on any atom is -0.348 e. The maximum atomic E-state index is 14.6. The fourth-order valence-electron chi connectivity index (χ4n) is 4.93. The number of hydrogen-bond donors (Lipinski definition) is 1. The van der Waals surface area contributed by atoms with E-state index in [2.05, 4.69) is 5.32 Å². The first-order chi connectivity index (χ1) is 15.3. The van der Waals surface area contributed by atoms with Crippen molar-refractivity contribution >= 4 is 17.7 Å². The van der Waals surface area contributed by atoms with Gasteiger partial charge in [0.2, 0.25) is 17.7 Å². The van der Waals surface area contributed by atoms with Gasteiger partial charge in [-0.2, -0.15) is 0 Å². The molecule has 0 spiro atoms. The number of likely N-dealkylation sites (tertiary alicyclic amines) is 1. The SMILES string of the molecule is CN(C)C(=O)[C@]1(Cc2ccccc2-c2ccccc2F)CCN(C(=O)[C@H]2CCC(=O)N2)C1. The van der Waals surface area contributed by atoms with Gasteiger partial charge in [-0.3, -0.25) is 14.4 Å². The van der Waals surface area contributed by atoms with Crippen LogP contribution in [0.15, 0.2) is 48.5 Å². The molecule has 32 heavy (non-hydrogen) atoms. The van der Waals surface area contributed by atoms with Crippen LogP contribution in [-0.2, 0) is 20.8 Å². The van der Waals surface area contributed by atoms with Crippen molar-refractivity contribution in [2.24, 2.45) is 5.41 Å². The number of carbonyl (C=O) groups excluding carboxylic acids is 3. The summed E-state index contributed by atoms with van der Waals surface area (Å²) in [5.74, 6) is -0.608. The molecule has 0 aliphatic carbocycles. The van der Waals surface area contributed by atoms with E-state index >= 15 is 0 Å². The van der Waals surface area contributed by atoms with E-state index in [0.717, 1.165) is 11.1 Å². The maximum absolute atomic E-state index is 14.6. The lowest BCUT2D eigenvalue weighted by atomic mass is 9.77. The van der Waals surface area contributed by atoms with Crippen molar-refractivity contribution in [1.82, 2.24) is 15.1 Å². The molecule has 6 nitrogen and oxygen atoms in total. The molecule has 2 heterocycles. The number of benzene rings is 2. The number of hydrogen-bond acceptors (Lipinski definition) is 3. The molecule has 0 bridgehead atoms. The molecule has 0 radical (unpaired) electrons. The molecule has 2 saturated heterocycles. The first-order valence-corrected chi connectivity index (χ1v) is 10.9. The van der Waals surface area contributed by atoms with Crippen molar-refractivity contribution in [3.8, 4) is 11.1 Å². The van der Waals surface area contributed by atoms with Gasteiger partial charge in [0, 0.05) is 39.2 Å². The second-order valence-corrected chi connectivity index (χ2v) is 8.96. The van der Waals surface area contributed by atoms with Gasteiger partial charge in [0.25, 0.3) is 0 Å². The quantitative estimate of drug-likeness (QED) is 0.782. The zero-order valence-corrected chi connectivity index (χ0v) is 18.4. The molecule has 4 rings (SSSR count). The molecule has 0 unspecified atom stereocenters. The van der Waals surface area contributed by atoms with Crippen LogP contribution >= 0.6 is 0 Å². The summed E-state index contributed by atoms with van der Waals surface area (Å²) in [6, 6.07) is 13.6. The summed E-state index contributed by atoms with van der Waals surface area (Å²) in [5, 5.41) is 2.73. The Hall–Kier alpha value is -3.22. The van der Waals surface area contributed by atoms with Crippen molar-refractivity contribution in [1.29, 1.82) is 0 Å². The van der Waals surface area contributed by atoms with Crippen LogP contribution in [-0.4, -0.2) is 60.7 Å². The van der Waals surface area contributed by atoms with E-state index in [-0.39, 0.29) is 30.1 Å². The third-order valence-electron chi connectivity index (χ3n) is 6.53. The normalized spacial score (nSPS) is 22.7. The van der Waals surface area contributed by atoms with Crippen LogP contribution in [0, 0.1) is 11.2 Å². The van der Waals surface area contributed by atoms with E-state index in [1.165, 1.54) is 6.07 Å². The van der Waals surface area contributed by atoms with Gasteiger partial charge in [-0.1, -0.05) is 42.5 Å². The molecule has 0 aromatic heterocycles. The zero-order chi connectivity index (χ0) is 22.9. The molecule has 1 N–H and O–H groups in total. The number of rotatable bonds is 5. The third-order valence-corrected chi connectivity index (χ3v) is 6.53. The van der Waals surface area contributed by atoms with Crippen molar-refractivity contribution in [3.05, 3.63) is 59.9 Å². The second kappa shape index (κ2) is 8.73. The van der Waals surface area contributed by atoms with Crippen molar-refractivity contribution in [2.45, 2.75) is 31.7 Å². The fraction of sp³-hybridized carbons (Fsp3) is 0.400. The predicted octanol–water partition coefficient (Wildman–Crippen LogP) is 2.62. The Morgan fingerprint density at radius 2 is 1.81 bits per heavy atom. The average molecular weight is 438 g/mol. The van der Waals surface area contributed by atoms with Crippen LogP contribution in [0.1, 0.15) is 24.8 Å². The van der Waals surface area contributed by atoms with E-state index in [1.54, 1.807) is 42.1 Å². The van der Waals surface area contributed by atoms with Gasteiger partial charge >= 0.3 is 0 Å². The summed E-state index contributed by atoms with van der Waals surface area (Å²) < 4.78 is 14.6. The van der Waals surface area contributed by atoms with E-state index < -0.39 is 11.5 Å². The molecule has 0 saturated carbocycles. The first kappa shape index (κ1) is 22.0. The predicted molar refractivity (Wildman–Crippen MR) is 119 cm³/mol. The number of halogens is 1. The molecule has 2 fully saturated rings. The Kier molecular flexibility index (Phi) is 6.00. The standard InChI is InChI=1S/C25H28FN3O3/c1-28(2)24(32)25(13-14-29(16-25)23(31)21-11-12-22(30)27-21)15-17-7-3-4-8-18(17)19-9-5-6-10-20(19)26/h3-10,21H,11-16H2,1-2H3,(H,27,30)/t21-,25+/m1/s1. The first-order valence-electron chi connectivity index (χ1n) is 10.9. The Morgan fingerprint density at radius 3 is 2.47 bits per heavy atom. The van der Waals surface area contributed by atoms with Crippen LogP contribution in [0.3, 0.4) is 0 Å². The number of nitrogens with zero attached hydrogens (tertiary/aromatic N) is 2. The van der Waals surface area contributed by atoms with E-state index in [9.17, 15) is 18.8 Å². The summed E-state index contributed by atoms with van der Waals surface area (Å²) in [7, 11) is 3.43. The Morgan fingerprint density at radius 1 is 1.12 bits per heavy atom. The molecule has 2 aliphatic heterocycles. The highest BCUT2D eigenvalue weighted by Crippen LogP contribution is 2.39. The third kappa shape index (κ3) is 4.11. The lowest BCUT2D eigenvalue weighted by Gasteiger charge is -2.32. The van der Waals surface area contributed by atoms with Gasteiger partial charge in [-0.25, -0.2) is 4.39 Å². The average Bonchev–Trinajstić information content (AvgIpc) is 3.41. The van der Waals surface area contributed by atoms with Crippen LogP contribution in [0.25, 0.3) is 11.1 Å². The molecule has 2 atom stereocenters. The molecule has 2 aliphatic rings. The summed E-state index contributed by atoms with van der Waals surface area (Å²) in [6.07, 6.45) is 1.75. The number of carbonyl (C=O) groups is 3. The summed E-state index contributed by atoms with van der Waals surface area (Å²) in [6.45, 7) is 0.730. The summed E-state index contributed by atoms with van der Waals surface area (Å²) in [4.78, 5) is 41.2. The minimum atomic E-state index is -0.802. The largest absolute Gasteiger partial charge is 0.348 e. The highest BCUT2D eigenvalue weighted by molar-refractivity contribution is 5.92. The molecule has 2 aromatic carbocycles. The van der Waals surface area contributed by atoms with Crippen LogP contribution in [0.5, 0.6) is 0 Å². The zero-order valence-electron chi connectivity index (χ0n) is 18.4. The van der Waals surface area contributed by atoms with Gasteiger partial charge in [0.1, 0.15) is 11.9 Å². The Labute approximate surface area is 187 Å². The van der Waals surface area contributed by atoms with E-state index in [0.29, 0.717) is 37.8 Å². The Balaban J connectivity index is 1.65. The van der Waals surface area contributed by atoms with Gasteiger partial charge in [-0.15, -0.1) is 0 Å². The van der Waals surface area contributed by atoms with Crippen LogP contribution in [0.2, 0.25) is 0 Å². The molecular weight excluding hydrogens is 409 g/mol. The van der Waals surface area contributed by atoms with Gasteiger partial charge < -0.3 is 15.1 Å². The fourth-order valence-corrected chi connectivity index (χ4v) is 4.93. The highest BCUT2D eigenvalue weighted by atomic mass is 19.1. The lowest BCUT2D eigenvalue weighted by Crippen LogP contribution is -2.47. The van der Waals surface area contributed by atoms with Crippen molar-refractivity contribution < 1.29 is 18.8 Å². The molecule has 3 amide bonds. The molecule has 168 valence electrons. The van der Waals surface area contributed by atoms with Crippen molar-refractivity contribution in [3.63, 3.8) is 0 Å². The van der Waals surface area contributed by atoms with Crippen LogP contribution in [0.4, 0.5) is 4.39 Å². The number of nitrogens with one attached hydrogen (secondary N) is 1. The monoisotopic (exact) mass is 437 g/mol. The van der Waals surface area contributed by atoms with Gasteiger partial charge in [0.15, 0.2) is 0 Å². The highest BCUT2D eigenvalue weighted by Gasteiger charge is 2.48. The number of amides is 3. The Bertz CT molecular complexity index is 1050. The summed E-state index contributed by atoms with van der Waals surface area (Å²) >= 11 is 0. The molecule has 7 heteroatoms. The smallest absolute Gasteiger partial charge is 0.245 e.